The summed E-state index contributed by atoms with van der Waals surface area (Å²) in [5.74, 6) is 1.29. The molecule has 4 heterocycles. The van der Waals surface area contributed by atoms with Crippen molar-refractivity contribution in [2.24, 2.45) is 4.99 Å². The molecule has 1 saturated heterocycles. The molecule has 8 heteroatoms. The third-order valence-corrected chi connectivity index (χ3v) is 6.01. The first-order chi connectivity index (χ1) is 14.7. The number of urea groups is 1. The van der Waals surface area contributed by atoms with Crippen molar-refractivity contribution in [3.63, 3.8) is 0 Å². The van der Waals surface area contributed by atoms with Gasteiger partial charge in [-0.05, 0) is 31.4 Å². The molecule has 3 aliphatic rings. The average Bonchev–Trinajstić information content (AvgIpc) is 3.04. The molecule has 156 valence electrons. The van der Waals surface area contributed by atoms with E-state index in [0.29, 0.717) is 24.7 Å². The molecule has 0 radical (unpaired) electrons. The molecule has 0 unspecified atom stereocenters. The van der Waals surface area contributed by atoms with Gasteiger partial charge in [0.2, 0.25) is 5.91 Å². The van der Waals surface area contributed by atoms with Gasteiger partial charge in [-0.2, -0.15) is 5.10 Å². The summed E-state index contributed by atoms with van der Waals surface area (Å²) in [7, 11) is 0. The summed E-state index contributed by atoms with van der Waals surface area (Å²) < 4.78 is 1.75. The number of para-hydroxylation sites is 1. The molecule has 0 saturated carbocycles. The lowest BCUT2D eigenvalue weighted by Crippen LogP contribution is -2.56. The van der Waals surface area contributed by atoms with Gasteiger partial charge in [-0.25, -0.2) is 9.48 Å². The molecule has 0 spiro atoms. The first-order valence-electron chi connectivity index (χ1n) is 10.8. The smallest absolute Gasteiger partial charge is 0.331 e. The fourth-order valence-corrected chi connectivity index (χ4v) is 4.47. The zero-order chi connectivity index (χ0) is 20.5. The standard InChI is InChI=1S/C22H26N6O2/c29-19(25-12-6-1-2-7-13-25)16-27-21-18(20-23-11-8-14-26(20)22(27)30)15-24-28(21)17-9-4-3-5-10-17/h3-5,9-10,15H,1-2,6-8,11-14,16H2. The van der Waals surface area contributed by atoms with Crippen LogP contribution >= 0.6 is 0 Å². The van der Waals surface area contributed by atoms with Crippen LogP contribution in [0.15, 0.2) is 41.5 Å². The average molecular weight is 406 g/mol. The summed E-state index contributed by atoms with van der Waals surface area (Å²) >= 11 is 0. The molecule has 0 N–H and O–H groups in total. The molecule has 8 nitrogen and oxygen atoms in total. The molecule has 5 rings (SSSR count). The Bertz CT molecular complexity index is 975. The van der Waals surface area contributed by atoms with E-state index in [-0.39, 0.29) is 18.5 Å². The van der Waals surface area contributed by atoms with Crippen molar-refractivity contribution in [3.05, 3.63) is 42.1 Å². The minimum Gasteiger partial charge on any atom is -0.341 e. The first-order valence-corrected chi connectivity index (χ1v) is 10.8. The lowest BCUT2D eigenvalue weighted by molar-refractivity contribution is -0.129. The third-order valence-electron chi connectivity index (χ3n) is 6.01. The van der Waals surface area contributed by atoms with Crippen molar-refractivity contribution in [2.45, 2.75) is 32.1 Å². The van der Waals surface area contributed by atoms with Crippen LogP contribution in [0.1, 0.15) is 37.7 Å². The molecule has 1 fully saturated rings. The fourth-order valence-electron chi connectivity index (χ4n) is 4.47. The number of fused-ring (bicyclic) bond motifs is 3. The maximum absolute atomic E-state index is 13.4. The zero-order valence-electron chi connectivity index (χ0n) is 17.0. The highest BCUT2D eigenvalue weighted by atomic mass is 16.2. The number of amidine groups is 1. The molecule has 2 aromatic rings. The number of amides is 3. The van der Waals surface area contributed by atoms with Gasteiger partial charge in [0.1, 0.15) is 12.4 Å². The van der Waals surface area contributed by atoms with Gasteiger partial charge in [0.25, 0.3) is 0 Å². The van der Waals surface area contributed by atoms with Crippen molar-refractivity contribution < 1.29 is 9.59 Å². The van der Waals surface area contributed by atoms with Gasteiger partial charge in [0.15, 0.2) is 5.82 Å². The number of carbonyl (C=O) groups is 2. The number of hydrogen-bond acceptors (Lipinski definition) is 4. The summed E-state index contributed by atoms with van der Waals surface area (Å²) in [5, 5.41) is 4.57. The Hall–Kier alpha value is -3.16. The Morgan fingerprint density at radius 1 is 0.967 bits per heavy atom. The number of nitrogens with zero attached hydrogens (tertiary/aromatic N) is 6. The van der Waals surface area contributed by atoms with Crippen LogP contribution in [0.25, 0.3) is 5.69 Å². The van der Waals surface area contributed by atoms with E-state index in [1.54, 1.807) is 20.7 Å². The second-order valence-corrected chi connectivity index (χ2v) is 8.00. The van der Waals surface area contributed by atoms with Crippen molar-refractivity contribution >= 4 is 23.6 Å². The molecule has 0 atom stereocenters. The third kappa shape index (κ3) is 3.26. The van der Waals surface area contributed by atoms with E-state index in [9.17, 15) is 9.59 Å². The van der Waals surface area contributed by atoms with Crippen LogP contribution in [0.3, 0.4) is 0 Å². The number of aromatic nitrogens is 2. The van der Waals surface area contributed by atoms with Crippen LogP contribution in [0.2, 0.25) is 0 Å². The normalized spacial score (nSPS) is 19.1. The van der Waals surface area contributed by atoms with E-state index in [1.807, 2.05) is 35.2 Å². The summed E-state index contributed by atoms with van der Waals surface area (Å²) in [6, 6.07) is 9.51. The molecule has 0 bridgehead atoms. The molecule has 30 heavy (non-hydrogen) atoms. The molecule has 3 amide bonds. The Balaban J connectivity index is 1.54. The van der Waals surface area contributed by atoms with Crippen LogP contribution < -0.4 is 4.90 Å². The van der Waals surface area contributed by atoms with Gasteiger partial charge in [0, 0.05) is 26.2 Å². The topological polar surface area (TPSA) is 74.0 Å². The summed E-state index contributed by atoms with van der Waals surface area (Å²) in [6.07, 6.45) is 6.95. The summed E-state index contributed by atoms with van der Waals surface area (Å²) in [5.41, 5.74) is 1.66. The monoisotopic (exact) mass is 406 g/mol. The number of benzene rings is 1. The van der Waals surface area contributed by atoms with Crippen molar-refractivity contribution in [3.8, 4) is 5.69 Å². The highest BCUT2D eigenvalue weighted by Gasteiger charge is 2.40. The molecule has 0 aliphatic carbocycles. The zero-order valence-corrected chi connectivity index (χ0v) is 17.0. The van der Waals surface area contributed by atoms with Crippen LogP contribution in [-0.4, -0.2) is 70.1 Å². The number of aliphatic imine (C=N–C) groups is 1. The van der Waals surface area contributed by atoms with E-state index in [1.165, 1.54) is 0 Å². The number of hydrogen-bond donors (Lipinski definition) is 0. The molecule has 3 aliphatic heterocycles. The second-order valence-electron chi connectivity index (χ2n) is 8.00. The minimum atomic E-state index is -0.193. The lowest BCUT2D eigenvalue weighted by Gasteiger charge is -2.38. The molecule has 1 aromatic heterocycles. The van der Waals surface area contributed by atoms with Crippen molar-refractivity contribution in [1.82, 2.24) is 19.6 Å². The van der Waals surface area contributed by atoms with Crippen LogP contribution in [-0.2, 0) is 4.79 Å². The van der Waals surface area contributed by atoms with E-state index in [2.05, 4.69) is 10.1 Å². The number of carbonyl (C=O) groups excluding carboxylic acids is 2. The minimum absolute atomic E-state index is 0.00518. The van der Waals surface area contributed by atoms with Gasteiger partial charge in [0.05, 0.1) is 17.4 Å². The molecule has 1 aromatic carbocycles. The van der Waals surface area contributed by atoms with E-state index >= 15 is 0 Å². The molecular weight excluding hydrogens is 380 g/mol. The van der Waals surface area contributed by atoms with Gasteiger partial charge < -0.3 is 4.90 Å². The Morgan fingerprint density at radius 2 is 1.73 bits per heavy atom. The van der Waals surface area contributed by atoms with E-state index in [0.717, 1.165) is 56.4 Å². The van der Waals surface area contributed by atoms with Gasteiger partial charge in [-0.1, -0.05) is 31.0 Å². The highest BCUT2D eigenvalue weighted by molar-refractivity contribution is 6.19. The number of likely N-dealkylation sites (tertiary alicyclic amines) is 1. The highest BCUT2D eigenvalue weighted by Crippen LogP contribution is 2.32. The second kappa shape index (κ2) is 7.93. The van der Waals surface area contributed by atoms with Crippen LogP contribution in [0.5, 0.6) is 0 Å². The Morgan fingerprint density at radius 3 is 2.50 bits per heavy atom. The SMILES string of the molecule is O=C(CN1C(=O)N2CCCN=C2c2cnn(-c3ccccc3)c21)N1CCCCCC1. The predicted octanol–water partition coefficient (Wildman–Crippen LogP) is 2.67. The summed E-state index contributed by atoms with van der Waals surface area (Å²) in [6.45, 7) is 2.86. The Kier molecular flexibility index (Phi) is 4.98. The maximum Gasteiger partial charge on any atom is 0.331 e. The van der Waals surface area contributed by atoms with Crippen LogP contribution in [0.4, 0.5) is 10.6 Å². The van der Waals surface area contributed by atoms with E-state index < -0.39 is 0 Å². The van der Waals surface area contributed by atoms with Gasteiger partial charge in [-0.3, -0.25) is 19.6 Å². The fraction of sp³-hybridized carbons (Fsp3) is 0.455. The summed E-state index contributed by atoms with van der Waals surface area (Å²) in [4.78, 5) is 36.4. The predicted molar refractivity (Wildman–Crippen MR) is 114 cm³/mol. The quantitative estimate of drug-likeness (QED) is 0.787. The Labute approximate surface area is 175 Å². The van der Waals surface area contributed by atoms with Gasteiger partial charge >= 0.3 is 6.03 Å². The van der Waals surface area contributed by atoms with E-state index in [4.69, 9.17) is 0 Å². The maximum atomic E-state index is 13.4. The number of rotatable bonds is 3. The first kappa shape index (κ1) is 18.8. The largest absolute Gasteiger partial charge is 0.341 e. The van der Waals surface area contributed by atoms with Crippen molar-refractivity contribution in [1.29, 1.82) is 0 Å². The van der Waals surface area contributed by atoms with Crippen molar-refractivity contribution in [2.75, 3.05) is 37.6 Å². The number of anilines is 1. The van der Waals surface area contributed by atoms with Crippen LogP contribution in [0, 0.1) is 0 Å². The van der Waals surface area contributed by atoms with Gasteiger partial charge in [-0.15, -0.1) is 0 Å². The lowest BCUT2D eigenvalue weighted by atomic mass is 10.1. The molecular formula is C22H26N6O2.